The van der Waals surface area contributed by atoms with Crippen molar-refractivity contribution in [3.8, 4) is 0 Å². The van der Waals surface area contributed by atoms with Gasteiger partial charge in [0.25, 0.3) is 5.91 Å². The number of rotatable bonds is 4. The summed E-state index contributed by atoms with van der Waals surface area (Å²) >= 11 is 2.97. The number of thiazole rings is 1. The predicted molar refractivity (Wildman–Crippen MR) is 93.6 cm³/mol. The van der Waals surface area contributed by atoms with Gasteiger partial charge in [-0.2, -0.15) is 4.99 Å². The summed E-state index contributed by atoms with van der Waals surface area (Å²) in [7, 11) is 0. The maximum atomic E-state index is 12.2. The van der Waals surface area contributed by atoms with Gasteiger partial charge in [-0.3, -0.25) is 4.79 Å². The Balaban J connectivity index is 2.17. The molecule has 0 radical (unpaired) electrons. The van der Waals surface area contributed by atoms with Crippen molar-refractivity contribution in [2.24, 2.45) is 4.99 Å². The van der Waals surface area contributed by atoms with Crippen molar-refractivity contribution < 1.29 is 4.79 Å². The fourth-order valence-electron chi connectivity index (χ4n) is 2.27. The van der Waals surface area contributed by atoms with Crippen LogP contribution in [0.5, 0.6) is 0 Å². The molecule has 2 aromatic heterocycles. The fourth-order valence-corrected chi connectivity index (χ4v) is 3.98. The Labute approximate surface area is 136 Å². The molecule has 0 bridgehead atoms. The van der Waals surface area contributed by atoms with Crippen molar-refractivity contribution in [2.75, 3.05) is 0 Å². The van der Waals surface area contributed by atoms with E-state index in [-0.39, 0.29) is 5.91 Å². The zero-order chi connectivity index (χ0) is 15.5. The van der Waals surface area contributed by atoms with E-state index in [0.717, 1.165) is 21.4 Å². The lowest BCUT2D eigenvalue weighted by Gasteiger charge is -2.01. The summed E-state index contributed by atoms with van der Waals surface area (Å²) in [5, 5.41) is 1.89. The fraction of sp³-hybridized carbons (Fsp3) is 0.176. The highest BCUT2D eigenvalue weighted by Gasteiger charge is 2.09. The summed E-state index contributed by atoms with van der Waals surface area (Å²) in [6, 6.07) is 10.1. The molecule has 22 heavy (non-hydrogen) atoms. The van der Waals surface area contributed by atoms with Crippen LogP contribution in [0.25, 0.3) is 10.2 Å². The summed E-state index contributed by atoms with van der Waals surface area (Å²) in [5.41, 5.74) is 2.38. The summed E-state index contributed by atoms with van der Waals surface area (Å²) in [4.78, 5) is 17.9. The Morgan fingerprint density at radius 1 is 1.41 bits per heavy atom. The third-order valence-electron chi connectivity index (χ3n) is 3.40. The van der Waals surface area contributed by atoms with Gasteiger partial charge in [-0.25, -0.2) is 0 Å². The van der Waals surface area contributed by atoms with Gasteiger partial charge in [0, 0.05) is 6.54 Å². The monoisotopic (exact) mass is 328 g/mol. The summed E-state index contributed by atoms with van der Waals surface area (Å²) in [5.74, 6) is -0.185. The number of hydrogen-bond acceptors (Lipinski definition) is 3. The Bertz CT molecular complexity index is 885. The number of benzene rings is 1. The van der Waals surface area contributed by atoms with E-state index in [1.54, 1.807) is 17.4 Å². The second kappa shape index (κ2) is 6.42. The Hall–Kier alpha value is -1.98. The van der Waals surface area contributed by atoms with Crippen LogP contribution in [0, 0.1) is 0 Å². The van der Waals surface area contributed by atoms with Gasteiger partial charge in [0.1, 0.15) is 0 Å². The standard InChI is InChI=1S/C17H16N2OS2/c1-3-9-19-13-8-7-12(4-2)11-15(13)22-17(19)18-16(20)14-6-5-10-21-14/h3,5-8,10-11H,1,4,9H2,2H3. The van der Waals surface area contributed by atoms with Crippen LogP contribution >= 0.6 is 22.7 Å². The van der Waals surface area contributed by atoms with Crippen molar-refractivity contribution in [2.45, 2.75) is 19.9 Å². The number of aromatic nitrogens is 1. The van der Waals surface area contributed by atoms with Gasteiger partial charge in [-0.05, 0) is 35.6 Å². The number of carbonyl (C=O) groups excluding carboxylic acids is 1. The normalized spacial score (nSPS) is 12.0. The number of carbonyl (C=O) groups is 1. The van der Waals surface area contributed by atoms with Gasteiger partial charge < -0.3 is 4.57 Å². The van der Waals surface area contributed by atoms with E-state index in [0.29, 0.717) is 11.4 Å². The first-order valence-electron chi connectivity index (χ1n) is 7.08. The average molecular weight is 328 g/mol. The lowest BCUT2D eigenvalue weighted by atomic mass is 10.2. The molecule has 0 fully saturated rings. The summed E-state index contributed by atoms with van der Waals surface area (Å²) < 4.78 is 3.19. The number of fused-ring (bicyclic) bond motifs is 1. The van der Waals surface area contributed by atoms with Crippen LogP contribution < -0.4 is 4.80 Å². The quantitative estimate of drug-likeness (QED) is 0.659. The highest BCUT2D eigenvalue weighted by Crippen LogP contribution is 2.20. The highest BCUT2D eigenvalue weighted by molar-refractivity contribution is 7.16. The van der Waals surface area contributed by atoms with Crippen molar-refractivity contribution in [3.05, 3.63) is 63.6 Å². The first-order valence-corrected chi connectivity index (χ1v) is 8.78. The SMILES string of the molecule is C=CCn1c(=NC(=O)c2cccs2)sc2cc(CC)ccc21. The molecule has 0 N–H and O–H groups in total. The van der Waals surface area contributed by atoms with Crippen LogP contribution in [-0.4, -0.2) is 10.5 Å². The number of hydrogen-bond donors (Lipinski definition) is 0. The smallest absolute Gasteiger partial charge is 0.289 e. The number of amides is 1. The Morgan fingerprint density at radius 2 is 2.27 bits per heavy atom. The van der Waals surface area contributed by atoms with Crippen LogP contribution in [0.4, 0.5) is 0 Å². The van der Waals surface area contributed by atoms with E-state index in [2.05, 4.69) is 36.7 Å². The molecule has 3 rings (SSSR count). The van der Waals surface area contributed by atoms with Gasteiger partial charge in [0.15, 0.2) is 4.80 Å². The van der Waals surface area contributed by atoms with Gasteiger partial charge in [0.05, 0.1) is 15.1 Å². The lowest BCUT2D eigenvalue weighted by molar-refractivity contribution is 0.100. The van der Waals surface area contributed by atoms with Crippen LogP contribution in [0.2, 0.25) is 0 Å². The van der Waals surface area contributed by atoms with E-state index in [1.165, 1.54) is 16.9 Å². The van der Waals surface area contributed by atoms with Crippen LogP contribution in [0.3, 0.4) is 0 Å². The molecule has 1 aromatic carbocycles. The van der Waals surface area contributed by atoms with Crippen molar-refractivity contribution >= 4 is 38.8 Å². The van der Waals surface area contributed by atoms with E-state index in [4.69, 9.17) is 0 Å². The molecule has 0 aliphatic rings. The van der Waals surface area contributed by atoms with Crippen LogP contribution in [0.15, 0.2) is 53.4 Å². The maximum absolute atomic E-state index is 12.2. The largest absolute Gasteiger partial charge is 0.312 e. The van der Waals surface area contributed by atoms with Gasteiger partial charge in [0.2, 0.25) is 0 Å². The van der Waals surface area contributed by atoms with Crippen molar-refractivity contribution in [3.63, 3.8) is 0 Å². The topological polar surface area (TPSA) is 34.4 Å². The van der Waals surface area contributed by atoms with Crippen molar-refractivity contribution in [1.82, 2.24) is 4.57 Å². The molecule has 5 heteroatoms. The minimum Gasteiger partial charge on any atom is -0.312 e. The predicted octanol–water partition coefficient (Wildman–Crippen LogP) is 4.25. The highest BCUT2D eigenvalue weighted by atomic mass is 32.1. The van der Waals surface area contributed by atoms with Crippen molar-refractivity contribution in [1.29, 1.82) is 0 Å². The van der Waals surface area contributed by atoms with E-state index in [9.17, 15) is 4.79 Å². The van der Waals surface area contributed by atoms with E-state index in [1.807, 2.05) is 22.1 Å². The Morgan fingerprint density at radius 3 is 2.95 bits per heavy atom. The zero-order valence-electron chi connectivity index (χ0n) is 12.3. The molecule has 0 spiro atoms. The molecule has 0 aliphatic carbocycles. The molecular formula is C17H16N2OS2. The molecule has 112 valence electrons. The second-order valence-electron chi connectivity index (χ2n) is 4.83. The molecule has 0 aliphatic heterocycles. The number of nitrogens with zero attached hydrogens (tertiary/aromatic N) is 2. The third kappa shape index (κ3) is 2.82. The van der Waals surface area contributed by atoms with Gasteiger partial charge in [-0.1, -0.05) is 36.5 Å². The molecule has 2 heterocycles. The van der Waals surface area contributed by atoms with Crippen LogP contribution in [-0.2, 0) is 13.0 Å². The zero-order valence-corrected chi connectivity index (χ0v) is 13.9. The average Bonchev–Trinajstić information content (AvgIpc) is 3.16. The number of allylic oxidation sites excluding steroid dienone is 1. The summed E-state index contributed by atoms with van der Waals surface area (Å²) in [6.45, 7) is 6.58. The Kier molecular flexibility index (Phi) is 4.36. The lowest BCUT2D eigenvalue weighted by Crippen LogP contribution is -2.15. The summed E-state index contributed by atoms with van der Waals surface area (Å²) in [6.07, 6.45) is 2.82. The first-order chi connectivity index (χ1) is 10.7. The third-order valence-corrected chi connectivity index (χ3v) is 5.30. The molecule has 3 nitrogen and oxygen atoms in total. The van der Waals surface area contributed by atoms with E-state index < -0.39 is 0 Å². The molecule has 0 atom stereocenters. The van der Waals surface area contributed by atoms with Gasteiger partial charge >= 0.3 is 0 Å². The van der Waals surface area contributed by atoms with Crippen LogP contribution in [0.1, 0.15) is 22.2 Å². The molecule has 0 unspecified atom stereocenters. The number of aryl methyl sites for hydroxylation is 1. The van der Waals surface area contributed by atoms with Gasteiger partial charge in [-0.15, -0.1) is 17.9 Å². The second-order valence-corrected chi connectivity index (χ2v) is 6.79. The molecular weight excluding hydrogens is 312 g/mol. The molecule has 0 saturated heterocycles. The minimum atomic E-state index is -0.185. The molecule has 0 saturated carbocycles. The van der Waals surface area contributed by atoms with E-state index >= 15 is 0 Å². The number of thiophene rings is 1. The molecule has 3 aromatic rings. The molecule has 1 amide bonds. The maximum Gasteiger partial charge on any atom is 0.289 e. The minimum absolute atomic E-state index is 0.185. The first kappa shape index (κ1) is 14.9.